The summed E-state index contributed by atoms with van der Waals surface area (Å²) in [6.45, 7) is 0.841. The van der Waals surface area contributed by atoms with E-state index in [9.17, 15) is 5.11 Å². The molecule has 1 aliphatic rings. The molecule has 1 unspecified atom stereocenters. The van der Waals surface area contributed by atoms with Crippen LogP contribution >= 0.6 is 12.4 Å². The van der Waals surface area contributed by atoms with Crippen molar-refractivity contribution in [2.45, 2.75) is 37.8 Å². The van der Waals surface area contributed by atoms with Crippen LogP contribution in [0.1, 0.15) is 25.7 Å². The molecule has 0 bridgehead atoms. The van der Waals surface area contributed by atoms with E-state index >= 15 is 0 Å². The summed E-state index contributed by atoms with van der Waals surface area (Å²) in [4.78, 5) is 0. The zero-order valence-electron chi connectivity index (χ0n) is 10.9. The van der Waals surface area contributed by atoms with Crippen molar-refractivity contribution in [3.8, 4) is 11.5 Å². The number of aliphatic hydroxyl groups excluding tert-OH is 1. The van der Waals surface area contributed by atoms with Gasteiger partial charge in [-0.2, -0.15) is 0 Å². The highest BCUT2D eigenvalue weighted by molar-refractivity contribution is 5.85. The van der Waals surface area contributed by atoms with Gasteiger partial charge in [-0.05, 0) is 37.1 Å². The Balaban J connectivity index is 0.00000180. The predicted molar refractivity (Wildman–Crippen MR) is 77.1 cm³/mol. The molecule has 2 rings (SSSR count). The highest BCUT2D eigenvalue weighted by atomic mass is 35.5. The van der Waals surface area contributed by atoms with Crippen LogP contribution in [-0.4, -0.2) is 35.5 Å². The van der Waals surface area contributed by atoms with Gasteiger partial charge in [-0.3, -0.25) is 0 Å². The van der Waals surface area contributed by atoms with Crippen molar-refractivity contribution in [3.63, 3.8) is 0 Å². The lowest BCUT2D eigenvalue weighted by Gasteiger charge is -2.16. The number of nitrogens with one attached hydrogen (secondary N) is 1. The Labute approximate surface area is 120 Å². The molecule has 1 fully saturated rings. The minimum atomic E-state index is -0.501. The molecule has 1 aromatic carbocycles. The average Bonchev–Trinajstić information content (AvgIpc) is 2.89. The summed E-state index contributed by atoms with van der Waals surface area (Å²) in [5.74, 6) is 0.874. The molecule has 1 aliphatic carbocycles. The number of hydrogen-bond donors (Lipinski definition) is 3. The highest BCUT2D eigenvalue weighted by Gasteiger charge is 2.15. The minimum absolute atomic E-state index is 0. The number of aliphatic hydroxyl groups is 1. The van der Waals surface area contributed by atoms with Crippen LogP contribution in [0.2, 0.25) is 0 Å². The van der Waals surface area contributed by atoms with Gasteiger partial charge in [0.1, 0.15) is 24.2 Å². The number of ether oxygens (including phenoxy) is 1. The van der Waals surface area contributed by atoms with Gasteiger partial charge in [-0.15, -0.1) is 12.4 Å². The third kappa shape index (κ3) is 5.68. The van der Waals surface area contributed by atoms with Crippen molar-refractivity contribution >= 4 is 12.4 Å². The van der Waals surface area contributed by atoms with Crippen molar-refractivity contribution in [3.05, 3.63) is 24.3 Å². The lowest BCUT2D eigenvalue weighted by atomic mass is 10.2. The molecule has 0 aliphatic heterocycles. The molecule has 0 spiro atoms. The van der Waals surface area contributed by atoms with Crippen molar-refractivity contribution in [2.24, 2.45) is 0 Å². The Morgan fingerprint density at radius 1 is 1.21 bits per heavy atom. The van der Waals surface area contributed by atoms with Gasteiger partial charge >= 0.3 is 0 Å². The molecule has 108 valence electrons. The SMILES string of the molecule is Cl.Oc1ccc(OCC(O)CNC2CCCC2)cc1. The van der Waals surface area contributed by atoms with Gasteiger partial charge in [0.15, 0.2) is 0 Å². The van der Waals surface area contributed by atoms with Gasteiger partial charge in [0, 0.05) is 12.6 Å². The monoisotopic (exact) mass is 287 g/mol. The molecule has 3 N–H and O–H groups in total. The van der Waals surface area contributed by atoms with Crippen LogP contribution in [0.4, 0.5) is 0 Å². The number of rotatable bonds is 6. The summed E-state index contributed by atoms with van der Waals surface area (Å²) < 4.78 is 5.44. The fourth-order valence-corrected chi connectivity index (χ4v) is 2.23. The van der Waals surface area contributed by atoms with Crippen LogP contribution in [0.3, 0.4) is 0 Å². The molecule has 0 heterocycles. The maximum Gasteiger partial charge on any atom is 0.119 e. The van der Waals surface area contributed by atoms with Gasteiger partial charge in [-0.1, -0.05) is 12.8 Å². The van der Waals surface area contributed by atoms with Crippen molar-refractivity contribution in [1.29, 1.82) is 0 Å². The number of benzene rings is 1. The Bertz CT molecular complexity index is 352. The van der Waals surface area contributed by atoms with Crippen LogP contribution in [0.25, 0.3) is 0 Å². The molecule has 0 aromatic heterocycles. The maximum atomic E-state index is 9.79. The van der Waals surface area contributed by atoms with Gasteiger partial charge in [0.25, 0.3) is 0 Å². The minimum Gasteiger partial charge on any atom is -0.508 e. The average molecular weight is 288 g/mol. The first-order chi connectivity index (χ1) is 8.74. The number of phenols is 1. The second-order valence-corrected chi connectivity index (χ2v) is 4.85. The van der Waals surface area contributed by atoms with Crippen LogP contribution in [0.5, 0.6) is 11.5 Å². The van der Waals surface area contributed by atoms with Crippen molar-refractivity contribution in [1.82, 2.24) is 5.32 Å². The van der Waals surface area contributed by atoms with E-state index in [-0.39, 0.29) is 24.8 Å². The number of halogens is 1. The lowest BCUT2D eigenvalue weighted by Crippen LogP contribution is -2.36. The molecule has 0 saturated heterocycles. The molecule has 1 atom stereocenters. The van der Waals surface area contributed by atoms with Crippen molar-refractivity contribution < 1.29 is 14.9 Å². The Morgan fingerprint density at radius 3 is 2.47 bits per heavy atom. The first-order valence-corrected chi connectivity index (χ1v) is 6.57. The van der Waals surface area contributed by atoms with Gasteiger partial charge in [0.2, 0.25) is 0 Å². The van der Waals surface area contributed by atoms with E-state index in [1.807, 2.05) is 0 Å². The summed E-state index contributed by atoms with van der Waals surface area (Å²) in [7, 11) is 0. The molecule has 4 nitrogen and oxygen atoms in total. The molecule has 5 heteroatoms. The van der Waals surface area contributed by atoms with Gasteiger partial charge < -0.3 is 20.3 Å². The molecular weight excluding hydrogens is 266 g/mol. The second kappa shape index (κ2) is 8.25. The third-order valence-corrected chi connectivity index (χ3v) is 3.28. The van der Waals surface area contributed by atoms with Crippen LogP contribution in [0, 0.1) is 0 Å². The normalized spacial score (nSPS) is 16.9. The Hall–Kier alpha value is -0.970. The lowest BCUT2D eigenvalue weighted by molar-refractivity contribution is 0.104. The second-order valence-electron chi connectivity index (χ2n) is 4.85. The molecular formula is C14H22ClNO3. The maximum absolute atomic E-state index is 9.79. The first-order valence-electron chi connectivity index (χ1n) is 6.57. The Morgan fingerprint density at radius 2 is 1.84 bits per heavy atom. The smallest absolute Gasteiger partial charge is 0.119 e. The number of phenolic OH excluding ortho intramolecular Hbond substituents is 1. The third-order valence-electron chi connectivity index (χ3n) is 3.28. The molecule has 0 amide bonds. The van der Waals surface area contributed by atoms with Gasteiger partial charge in [0.05, 0.1) is 0 Å². The van der Waals surface area contributed by atoms with E-state index < -0.39 is 6.10 Å². The number of aromatic hydroxyl groups is 1. The summed E-state index contributed by atoms with van der Waals surface area (Å²) in [5.41, 5.74) is 0. The molecule has 0 radical (unpaired) electrons. The van der Waals surface area contributed by atoms with E-state index in [0.29, 0.717) is 18.3 Å². The first kappa shape index (κ1) is 16.1. The number of hydrogen-bond acceptors (Lipinski definition) is 4. The van der Waals surface area contributed by atoms with E-state index in [1.54, 1.807) is 24.3 Å². The fraction of sp³-hybridized carbons (Fsp3) is 0.571. The highest BCUT2D eigenvalue weighted by Crippen LogP contribution is 2.18. The quantitative estimate of drug-likeness (QED) is 0.750. The van der Waals surface area contributed by atoms with E-state index in [2.05, 4.69) is 5.32 Å². The molecule has 1 aromatic rings. The topological polar surface area (TPSA) is 61.7 Å². The zero-order chi connectivity index (χ0) is 12.8. The molecule has 1 saturated carbocycles. The van der Waals surface area contributed by atoms with E-state index in [0.717, 1.165) is 0 Å². The zero-order valence-corrected chi connectivity index (χ0v) is 11.7. The summed E-state index contributed by atoms with van der Waals surface area (Å²) in [5, 5.41) is 22.3. The van der Waals surface area contributed by atoms with E-state index in [4.69, 9.17) is 9.84 Å². The van der Waals surface area contributed by atoms with Crippen molar-refractivity contribution in [2.75, 3.05) is 13.2 Å². The van der Waals surface area contributed by atoms with Crippen LogP contribution in [-0.2, 0) is 0 Å². The summed E-state index contributed by atoms with van der Waals surface area (Å²) >= 11 is 0. The van der Waals surface area contributed by atoms with Crippen LogP contribution in [0.15, 0.2) is 24.3 Å². The molecule has 19 heavy (non-hydrogen) atoms. The Kier molecular flexibility index (Phi) is 6.99. The van der Waals surface area contributed by atoms with Gasteiger partial charge in [-0.25, -0.2) is 0 Å². The standard InChI is InChI=1S/C14H21NO3.ClH/c16-12-5-7-14(8-6-12)18-10-13(17)9-15-11-3-1-2-4-11;/h5-8,11,13,15-17H,1-4,9-10H2;1H. The largest absolute Gasteiger partial charge is 0.508 e. The summed E-state index contributed by atoms with van der Waals surface area (Å²) in [6.07, 6.45) is 4.51. The fourth-order valence-electron chi connectivity index (χ4n) is 2.23. The predicted octanol–water partition coefficient (Wildman–Crippen LogP) is 2.09. The van der Waals surface area contributed by atoms with E-state index in [1.165, 1.54) is 25.7 Å². The summed E-state index contributed by atoms with van der Waals surface area (Å²) in [6, 6.07) is 7.07. The van der Waals surface area contributed by atoms with Crippen LogP contribution < -0.4 is 10.1 Å².